The fourth-order valence-electron chi connectivity index (χ4n) is 0.917. The van der Waals surface area contributed by atoms with E-state index in [2.05, 4.69) is 19.9 Å². The Morgan fingerprint density at radius 3 is 2.69 bits per heavy atom. The third-order valence-corrected chi connectivity index (χ3v) is 1.41. The monoisotopic (exact) mass is 182 g/mol. The Morgan fingerprint density at radius 1 is 1.23 bits per heavy atom. The van der Waals surface area contributed by atoms with Crippen LogP contribution >= 0.6 is 0 Å². The first-order valence-corrected chi connectivity index (χ1v) is 3.45. The Hall–Kier alpha value is -1.85. The van der Waals surface area contributed by atoms with Crippen LogP contribution in [0.3, 0.4) is 0 Å². The minimum atomic E-state index is -1.11. The first-order valence-electron chi connectivity index (χ1n) is 3.45. The Labute approximate surface area is 71.7 Å². The quantitative estimate of drug-likeness (QED) is 0.531. The van der Waals surface area contributed by atoms with E-state index in [1.54, 1.807) is 0 Å². The molecule has 0 radical (unpaired) electrons. The highest BCUT2D eigenvalue weighted by atomic mass is 19.1. The summed E-state index contributed by atoms with van der Waals surface area (Å²) < 4.78 is 25.1. The van der Waals surface area contributed by atoms with Gasteiger partial charge >= 0.3 is 6.08 Å². The van der Waals surface area contributed by atoms with Crippen molar-refractivity contribution in [1.29, 1.82) is 0 Å². The van der Waals surface area contributed by atoms with Gasteiger partial charge in [0.2, 0.25) is 5.95 Å². The van der Waals surface area contributed by atoms with E-state index in [-0.39, 0.29) is 5.69 Å². The van der Waals surface area contributed by atoms with E-state index in [0.717, 1.165) is 6.07 Å². The SMILES string of the molecule is Fc1cc(-c2ncc[nH]2)nc(F)n1. The average molecular weight is 182 g/mol. The van der Waals surface area contributed by atoms with Crippen molar-refractivity contribution in [3.63, 3.8) is 0 Å². The molecule has 0 atom stereocenters. The summed E-state index contributed by atoms with van der Waals surface area (Å²) in [7, 11) is 0. The van der Waals surface area contributed by atoms with Gasteiger partial charge in [-0.15, -0.1) is 0 Å². The number of rotatable bonds is 1. The molecule has 6 heteroatoms. The zero-order valence-corrected chi connectivity index (χ0v) is 6.33. The maximum atomic E-state index is 12.6. The highest BCUT2D eigenvalue weighted by molar-refractivity contribution is 5.47. The van der Waals surface area contributed by atoms with Crippen LogP contribution in [-0.4, -0.2) is 19.9 Å². The van der Waals surface area contributed by atoms with E-state index in [1.165, 1.54) is 12.4 Å². The van der Waals surface area contributed by atoms with Crippen LogP contribution in [0.2, 0.25) is 0 Å². The number of hydrogen-bond acceptors (Lipinski definition) is 3. The van der Waals surface area contributed by atoms with Gasteiger partial charge in [-0.1, -0.05) is 0 Å². The van der Waals surface area contributed by atoms with Gasteiger partial charge in [-0.2, -0.15) is 18.7 Å². The summed E-state index contributed by atoms with van der Waals surface area (Å²) in [5.41, 5.74) is 0.0926. The molecule has 0 saturated carbocycles. The summed E-state index contributed by atoms with van der Waals surface area (Å²) in [4.78, 5) is 12.7. The van der Waals surface area contributed by atoms with Gasteiger partial charge in [-0.3, -0.25) is 0 Å². The van der Waals surface area contributed by atoms with Crippen LogP contribution in [0.15, 0.2) is 18.5 Å². The molecule has 2 heterocycles. The molecule has 0 saturated heterocycles. The van der Waals surface area contributed by atoms with Gasteiger partial charge in [-0.25, -0.2) is 4.98 Å². The van der Waals surface area contributed by atoms with Crippen LogP contribution in [0.25, 0.3) is 11.5 Å². The molecule has 0 fully saturated rings. The number of nitrogens with one attached hydrogen (secondary N) is 1. The summed E-state index contributed by atoms with van der Waals surface area (Å²) >= 11 is 0. The highest BCUT2D eigenvalue weighted by Gasteiger charge is 2.06. The molecule has 0 aliphatic heterocycles. The Kier molecular flexibility index (Phi) is 1.73. The van der Waals surface area contributed by atoms with E-state index < -0.39 is 12.0 Å². The van der Waals surface area contributed by atoms with Gasteiger partial charge in [-0.05, 0) is 0 Å². The predicted octanol–water partition coefficient (Wildman–Crippen LogP) is 1.14. The average Bonchev–Trinajstić information content (AvgIpc) is 2.53. The van der Waals surface area contributed by atoms with Crippen LogP contribution in [0.4, 0.5) is 8.78 Å². The number of aromatic nitrogens is 4. The number of nitrogens with zero attached hydrogens (tertiary/aromatic N) is 3. The van der Waals surface area contributed by atoms with Crippen molar-refractivity contribution in [2.24, 2.45) is 0 Å². The summed E-state index contributed by atoms with van der Waals surface area (Å²) in [5.74, 6) is -0.612. The molecule has 4 nitrogen and oxygen atoms in total. The summed E-state index contributed by atoms with van der Waals surface area (Å²) in [6.07, 6.45) is 1.90. The standard InChI is InChI=1S/C7H4F2N4/c8-5-3-4(12-7(9)13-5)6-10-1-2-11-6/h1-3H,(H,10,11). The fraction of sp³-hybridized carbons (Fsp3) is 0. The molecule has 2 aromatic rings. The molecular formula is C7H4F2N4. The minimum absolute atomic E-state index is 0.0926. The van der Waals surface area contributed by atoms with Crippen molar-refractivity contribution >= 4 is 0 Å². The van der Waals surface area contributed by atoms with Crippen molar-refractivity contribution in [2.75, 3.05) is 0 Å². The van der Waals surface area contributed by atoms with Crippen LogP contribution in [-0.2, 0) is 0 Å². The zero-order valence-electron chi connectivity index (χ0n) is 6.33. The van der Waals surface area contributed by atoms with E-state index >= 15 is 0 Å². The second-order valence-electron chi connectivity index (χ2n) is 2.28. The molecule has 2 aromatic heterocycles. The molecule has 0 bridgehead atoms. The van der Waals surface area contributed by atoms with Crippen molar-refractivity contribution in [1.82, 2.24) is 19.9 Å². The summed E-state index contributed by atoms with van der Waals surface area (Å²) in [5, 5.41) is 0. The van der Waals surface area contributed by atoms with Crippen LogP contribution in [0.1, 0.15) is 0 Å². The molecule has 1 N–H and O–H groups in total. The topological polar surface area (TPSA) is 54.5 Å². The molecule has 0 unspecified atom stereocenters. The van der Waals surface area contributed by atoms with Crippen LogP contribution in [0, 0.1) is 12.0 Å². The Balaban J connectivity index is 2.53. The Morgan fingerprint density at radius 2 is 2.08 bits per heavy atom. The number of hydrogen-bond donors (Lipinski definition) is 1. The largest absolute Gasteiger partial charge is 0.343 e. The highest BCUT2D eigenvalue weighted by Crippen LogP contribution is 2.11. The third-order valence-electron chi connectivity index (χ3n) is 1.41. The lowest BCUT2D eigenvalue weighted by Gasteiger charge is -1.95. The van der Waals surface area contributed by atoms with Crippen molar-refractivity contribution in [3.05, 3.63) is 30.5 Å². The molecule has 0 spiro atoms. The fourth-order valence-corrected chi connectivity index (χ4v) is 0.917. The van der Waals surface area contributed by atoms with Crippen LogP contribution < -0.4 is 0 Å². The van der Waals surface area contributed by atoms with E-state index in [9.17, 15) is 8.78 Å². The number of halogens is 2. The lowest BCUT2D eigenvalue weighted by atomic mass is 10.4. The normalized spacial score (nSPS) is 10.3. The molecule has 13 heavy (non-hydrogen) atoms. The lowest BCUT2D eigenvalue weighted by Crippen LogP contribution is -1.96. The maximum Gasteiger partial charge on any atom is 0.311 e. The minimum Gasteiger partial charge on any atom is -0.343 e. The van der Waals surface area contributed by atoms with Gasteiger partial charge in [0.05, 0.1) is 0 Å². The number of H-pyrrole nitrogens is 1. The van der Waals surface area contributed by atoms with Gasteiger partial charge in [0.25, 0.3) is 0 Å². The van der Waals surface area contributed by atoms with Gasteiger partial charge in [0, 0.05) is 18.5 Å². The zero-order chi connectivity index (χ0) is 9.26. The first-order chi connectivity index (χ1) is 6.25. The van der Waals surface area contributed by atoms with E-state index in [0.29, 0.717) is 5.82 Å². The smallest absolute Gasteiger partial charge is 0.311 e. The Bertz CT molecular complexity index is 392. The van der Waals surface area contributed by atoms with Gasteiger partial charge < -0.3 is 4.98 Å². The third kappa shape index (κ3) is 1.51. The molecule has 2 rings (SSSR count). The van der Waals surface area contributed by atoms with Crippen molar-refractivity contribution in [2.45, 2.75) is 0 Å². The first kappa shape index (κ1) is 7.78. The summed E-state index contributed by atoms with van der Waals surface area (Å²) in [6, 6.07) is 1.00. The summed E-state index contributed by atoms with van der Waals surface area (Å²) in [6.45, 7) is 0. The van der Waals surface area contributed by atoms with Crippen LogP contribution in [0.5, 0.6) is 0 Å². The van der Waals surface area contributed by atoms with Crippen molar-refractivity contribution in [3.8, 4) is 11.5 Å². The van der Waals surface area contributed by atoms with Crippen molar-refractivity contribution < 1.29 is 8.78 Å². The van der Waals surface area contributed by atoms with Gasteiger partial charge in [0.1, 0.15) is 5.69 Å². The molecule has 0 aromatic carbocycles. The molecule has 0 aliphatic carbocycles. The molecule has 0 aliphatic rings. The van der Waals surface area contributed by atoms with E-state index in [1.807, 2.05) is 0 Å². The molecule has 0 amide bonds. The maximum absolute atomic E-state index is 12.6. The lowest BCUT2D eigenvalue weighted by molar-refractivity contribution is 0.484. The van der Waals surface area contributed by atoms with E-state index in [4.69, 9.17) is 0 Å². The molecule has 66 valence electrons. The second kappa shape index (κ2) is 2.89. The van der Waals surface area contributed by atoms with Gasteiger partial charge in [0.15, 0.2) is 5.82 Å². The molecular weight excluding hydrogens is 178 g/mol. The predicted molar refractivity (Wildman–Crippen MR) is 39.5 cm³/mol. The number of aromatic amines is 1. The second-order valence-corrected chi connectivity index (χ2v) is 2.28. The number of imidazole rings is 1.